The Balaban J connectivity index is 1.73. The van der Waals surface area contributed by atoms with Gasteiger partial charge in [0.2, 0.25) is 5.91 Å². The van der Waals surface area contributed by atoms with E-state index < -0.39 is 5.41 Å². The molecular weight excluding hydrogens is 307 g/mol. The molecule has 3 rings (SSSR count). The van der Waals surface area contributed by atoms with Crippen molar-refractivity contribution < 1.29 is 13.9 Å². The monoisotopic (exact) mass is 328 g/mol. The molecule has 0 radical (unpaired) electrons. The highest BCUT2D eigenvalue weighted by Gasteiger charge is 2.45. The summed E-state index contributed by atoms with van der Waals surface area (Å²) >= 11 is 0. The molecule has 0 unspecified atom stereocenters. The summed E-state index contributed by atoms with van der Waals surface area (Å²) in [6.07, 6.45) is 2.44. The Morgan fingerprint density at radius 2 is 1.96 bits per heavy atom. The number of anilines is 1. The number of halogens is 1. The summed E-state index contributed by atoms with van der Waals surface area (Å²) < 4.78 is 19.0. The highest BCUT2D eigenvalue weighted by Crippen LogP contribution is 2.44. The molecule has 1 saturated carbocycles. The zero-order valence-electron chi connectivity index (χ0n) is 13.4. The van der Waals surface area contributed by atoms with Crippen molar-refractivity contribution in [3.05, 3.63) is 59.9 Å². The first-order chi connectivity index (χ1) is 11.6. The Bertz CT molecular complexity index is 712. The van der Waals surface area contributed by atoms with Crippen molar-refractivity contribution in [2.24, 2.45) is 5.73 Å². The zero-order valence-corrected chi connectivity index (χ0v) is 13.4. The Morgan fingerprint density at radius 3 is 2.54 bits per heavy atom. The smallest absolute Gasteiger partial charge is 0.235 e. The Kier molecular flexibility index (Phi) is 4.81. The zero-order chi connectivity index (χ0) is 17.0. The number of hydrogen-bond acceptors (Lipinski definition) is 3. The molecule has 2 aromatic rings. The molecule has 0 aromatic heterocycles. The maximum atomic E-state index is 13.5. The van der Waals surface area contributed by atoms with Gasteiger partial charge in [0, 0.05) is 12.2 Å². The number of hydrogen-bond donors (Lipinski definition) is 2. The summed E-state index contributed by atoms with van der Waals surface area (Å²) in [5.74, 6) is 0.310. The average Bonchev–Trinajstić information content (AvgIpc) is 2.53. The summed E-state index contributed by atoms with van der Waals surface area (Å²) in [6, 6.07) is 13.5. The number of amides is 1. The minimum atomic E-state index is -0.628. The molecule has 2 aromatic carbocycles. The molecule has 4 nitrogen and oxygen atoms in total. The van der Waals surface area contributed by atoms with E-state index >= 15 is 0 Å². The molecule has 0 atom stereocenters. The van der Waals surface area contributed by atoms with E-state index in [1.807, 2.05) is 6.07 Å². The summed E-state index contributed by atoms with van der Waals surface area (Å²) in [4.78, 5) is 12.8. The van der Waals surface area contributed by atoms with Crippen molar-refractivity contribution in [2.75, 3.05) is 18.5 Å². The molecule has 1 amide bonds. The first-order valence-electron chi connectivity index (χ1n) is 8.14. The van der Waals surface area contributed by atoms with Crippen LogP contribution in [0, 0.1) is 5.82 Å². The molecule has 0 aliphatic heterocycles. The first kappa shape index (κ1) is 16.5. The third kappa shape index (κ3) is 3.26. The molecule has 0 heterocycles. The maximum Gasteiger partial charge on any atom is 0.235 e. The number of carbonyl (C=O) groups is 1. The van der Waals surface area contributed by atoms with Gasteiger partial charge in [-0.25, -0.2) is 4.39 Å². The van der Waals surface area contributed by atoms with Crippen LogP contribution in [0.4, 0.5) is 10.1 Å². The van der Waals surface area contributed by atoms with Gasteiger partial charge in [-0.1, -0.05) is 18.6 Å². The van der Waals surface area contributed by atoms with Crippen LogP contribution in [-0.4, -0.2) is 19.1 Å². The number of ether oxygens (including phenoxy) is 1. The largest absolute Gasteiger partial charge is 0.492 e. The van der Waals surface area contributed by atoms with Crippen LogP contribution >= 0.6 is 0 Å². The van der Waals surface area contributed by atoms with Gasteiger partial charge in [-0.05, 0) is 54.8 Å². The summed E-state index contributed by atoms with van der Waals surface area (Å²) in [6.45, 7) is 0.906. The summed E-state index contributed by atoms with van der Waals surface area (Å²) in [5, 5.41) is 2.94. The van der Waals surface area contributed by atoms with E-state index in [4.69, 9.17) is 10.5 Å². The van der Waals surface area contributed by atoms with Crippen LogP contribution in [0.25, 0.3) is 0 Å². The Hall–Kier alpha value is -2.40. The van der Waals surface area contributed by atoms with Gasteiger partial charge in [-0.2, -0.15) is 0 Å². The predicted octanol–water partition coefficient (Wildman–Crippen LogP) is 3.22. The molecule has 0 bridgehead atoms. The highest BCUT2D eigenvalue weighted by atomic mass is 19.1. The van der Waals surface area contributed by atoms with Crippen molar-refractivity contribution >= 4 is 11.6 Å². The topological polar surface area (TPSA) is 64.3 Å². The number of nitrogens with one attached hydrogen (secondary N) is 1. The fraction of sp³-hybridized carbons (Fsp3) is 0.316. The lowest BCUT2D eigenvalue weighted by Crippen LogP contribution is -2.46. The third-order valence-corrected chi connectivity index (χ3v) is 4.52. The second-order valence-corrected chi connectivity index (χ2v) is 6.06. The van der Waals surface area contributed by atoms with Crippen molar-refractivity contribution in [3.8, 4) is 5.75 Å². The van der Waals surface area contributed by atoms with E-state index in [-0.39, 0.29) is 11.7 Å². The van der Waals surface area contributed by atoms with Crippen molar-refractivity contribution in [2.45, 2.75) is 24.7 Å². The second-order valence-electron chi connectivity index (χ2n) is 6.06. The SMILES string of the molecule is NCCOc1ccc(NC(=O)C2(c3cccc(F)c3)CCC2)cc1. The lowest BCUT2D eigenvalue weighted by molar-refractivity contribution is -0.124. The van der Waals surface area contributed by atoms with E-state index in [0.717, 1.165) is 24.8 Å². The van der Waals surface area contributed by atoms with Crippen molar-refractivity contribution in [1.29, 1.82) is 0 Å². The number of nitrogens with two attached hydrogens (primary N) is 1. The normalized spacial score (nSPS) is 15.4. The summed E-state index contributed by atoms with van der Waals surface area (Å²) in [7, 11) is 0. The molecule has 3 N–H and O–H groups in total. The number of rotatable bonds is 6. The number of benzene rings is 2. The first-order valence-corrected chi connectivity index (χ1v) is 8.14. The van der Waals surface area contributed by atoms with Crippen LogP contribution in [0.1, 0.15) is 24.8 Å². The minimum absolute atomic E-state index is 0.0880. The molecule has 1 aliphatic rings. The van der Waals surface area contributed by atoms with Crippen molar-refractivity contribution in [3.63, 3.8) is 0 Å². The Labute approximate surface area is 140 Å². The van der Waals surface area contributed by atoms with Crippen LogP contribution in [0.3, 0.4) is 0 Å². The van der Waals surface area contributed by atoms with Gasteiger partial charge in [0.1, 0.15) is 18.2 Å². The molecule has 126 valence electrons. The summed E-state index contributed by atoms with van der Waals surface area (Å²) in [5.41, 5.74) is 6.21. The lowest BCUT2D eigenvalue weighted by Gasteiger charge is -2.40. The molecular formula is C19H21FN2O2. The molecule has 0 spiro atoms. The van der Waals surface area contributed by atoms with E-state index in [0.29, 0.717) is 24.6 Å². The van der Waals surface area contributed by atoms with E-state index in [1.165, 1.54) is 12.1 Å². The van der Waals surface area contributed by atoms with Crippen LogP contribution in [0.5, 0.6) is 5.75 Å². The van der Waals surface area contributed by atoms with Gasteiger partial charge in [-0.15, -0.1) is 0 Å². The molecule has 1 aliphatic carbocycles. The Morgan fingerprint density at radius 1 is 1.21 bits per heavy atom. The number of carbonyl (C=O) groups excluding carboxylic acids is 1. The lowest BCUT2D eigenvalue weighted by atomic mass is 9.63. The van der Waals surface area contributed by atoms with Gasteiger partial charge in [0.15, 0.2) is 0 Å². The standard InChI is InChI=1S/C19H21FN2O2/c20-15-4-1-3-14(13-15)19(9-2-10-19)18(23)22-16-5-7-17(8-6-16)24-12-11-21/h1,3-8,13H,2,9-12,21H2,(H,22,23). The molecule has 5 heteroatoms. The fourth-order valence-corrected chi connectivity index (χ4v) is 3.03. The second kappa shape index (κ2) is 7.01. The molecule has 0 saturated heterocycles. The van der Waals surface area contributed by atoms with Crippen LogP contribution in [-0.2, 0) is 10.2 Å². The van der Waals surface area contributed by atoms with Gasteiger partial charge >= 0.3 is 0 Å². The van der Waals surface area contributed by atoms with Crippen LogP contribution in [0.15, 0.2) is 48.5 Å². The average molecular weight is 328 g/mol. The van der Waals surface area contributed by atoms with Gasteiger partial charge in [-0.3, -0.25) is 4.79 Å². The third-order valence-electron chi connectivity index (χ3n) is 4.52. The van der Waals surface area contributed by atoms with Gasteiger partial charge in [0.05, 0.1) is 5.41 Å². The van der Waals surface area contributed by atoms with Gasteiger partial charge < -0.3 is 15.8 Å². The van der Waals surface area contributed by atoms with Crippen LogP contribution in [0.2, 0.25) is 0 Å². The molecule has 1 fully saturated rings. The quantitative estimate of drug-likeness (QED) is 0.856. The van der Waals surface area contributed by atoms with E-state index in [1.54, 1.807) is 30.3 Å². The van der Waals surface area contributed by atoms with Crippen LogP contribution < -0.4 is 15.8 Å². The molecule has 24 heavy (non-hydrogen) atoms. The van der Waals surface area contributed by atoms with Gasteiger partial charge in [0.25, 0.3) is 0 Å². The minimum Gasteiger partial charge on any atom is -0.492 e. The van der Waals surface area contributed by atoms with Crippen molar-refractivity contribution in [1.82, 2.24) is 0 Å². The van der Waals surface area contributed by atoms with E-state index in [2.05, 4.69) is 5.32 Å². The predicted molar refractivity (Wildman–Crippen MR) is 91.6 cm³/mol. The van der Waals surface area contributed by atoms with E-state index in [9.17, 15) is 9.18 Å². The maximum absolute atomic E-state index is 13.5. The fourth-order valence-electron chi connectivity index (χ4n) is 3.03. The highest BCUT2D eigenvalue weighted by molar-refractivity contribution is 5.99.